The number of phosphoric acid groups is 1. The highest BCUT2D eigenvalue weighted by Crippen LogP contribution is 2.43. The molecule has 0 aliphatic carbocycles. The number of hydrogen-bond donors (Lipinski definition) is 3. The van der Waals surface area contributed by atoms with Crippen molar-refractivity contribution in [1.82, 2.24) is 0 Å². The molecule has 334 valence electrons. The predicted molar refractivity (Wildman–Crippen MR) is 235 cm³/mol. The second-order valence-electron chi connectivity index (χ2n) is 15.5. The van der Waals surface area contributed by atoms with E-state index in [0.717, 1.165) is 57.8 Å². The third-order valence-electron chi connectivity index (χ3n) is 9.89. The quantitative estimate of drug-likeness (QED) is 0.0234. The van der Waals surface area contributed by atoms with Gasteiger partial charge in [0.05, 0.1) is 19.8 Å². The van der Waals surface area contributed by atoms with Gasteiger partial charge in [-0.05, 0) is 70.6 Å². The number of esters is 1. The Morgan fingerprint density at radius 2 is 0.965 bits per heavy atom. The van der Waals surface area contributed by atoms with Crippen LogP contribution in [0.25, 0.3) is 0 Å². The van der Waals surface area contributed by atoms with Crippen molar-refractivity contribution in [2.75, 3.05) is 26.4 Å². The molecule has 0 spiro atoms. The zero-order chi connectivity index (χ0) is 41.9. The lowest BCUT2D eigenvalue weighted by atomic mass is 10.1. The predicted octanol–water partition coefficient (Wildman–Crippen LogP) is 12.9. The van der Waals surface area contributed by atoms with Crippen LogP contribution in [0.1, 0.15) is 206 Å². The molecular weight excluding hydrogens is 741 g/mol. The van der Waals surface area contributed by atoms with E-state index in [2.05, 4.69) is 50.3 Å². The maximum absolute atomic E-state index is 12.7. The molecule has 0 aromatic rings. The number of carbonyl (C=O) groups excluding carboxylic acids is 1. The minimum absolute atomic E-state index is 0.0120. The fourth-order valence-electron chi connectivity index (χ4n) is 6.28. The molecule has 0 fully saturated rings. The second kappa shape index (κ2) is 42.3. The lowest BCUT2D eigenvalue weighted by molar-refractivity contribution is -0.154. The van der Waals surface area contributed by atoms with Crippen LogP contribution >= 0.6 is 7.82 Å². The largest absolute Gasteiger partial charge is 0.480 e. The lowest BCUT2D eigenvalue weighted by Gasteiger charge is -2.20. The lowest BCUT2D eigenvalue weighted by Crippen LogP contribution is -2.34. The zero-order valence-electron chi connectivity index (χ0n) is 36.4. The van der Waals surface area contributed by atoms with Gasteiger partial charge < -0.3 is 25.2 Å². The highest BCUT2D eigenvalue weighted by molar-refractivity contribution is 7.47. The van der Waals surface area contributed by atoms with E-state index in [4.69, 9.17) is 29.4 Å². The summed E-state index contributed by atoms with van der Waals surface area (Å²) in [7, 11) is -4.62. The molecule has 11 heteroatoms. The highest BCUT2D eigenvalue weighted by Gasteiger charge is 2.27. The first-order valence-electron chi connectivity index (χ1n) is 23.0. The first-order valence-corrected chi connectivity index (χ1v) is 24.5. The van der Waals surface area contributed by atoms with Crippen LogP contribution in [-0.2, 0) is 32.7 Å². The number of nitrogens with two attached hydrogens (primary N) is 1. The van der Waals surface area contributed by atoms with Gasteiger partial charge in [0.2, 0.25) is 0 Å². The van der Waals surface area contributed by atoms with Crippen molar-refractivity contribution in [2.45, 2.75) is 219 Å². The van der Waals surface area contributed by atoms with Gasteiger partial charge in [-0.25, -0.2) is 4.57 Å². The molecule has 0 heterocycles. The highest BCUT2D eigenvalue weighted by atomic mass is 31.2. The number of carboxylic acids is 1. The number of carbonyl (C=O) groups is 2. The monoisotopic (exact) mass is 828 g/mol. The van der Waals surface area contributed by atoms with Gasteiger partial charge in [-0.3, -0.25) is 18.6 Å². The molecule has 0 saturated carbocycles. The summed E-state index contributed by atoms with van der Waals surface area (Å²) in [6.45, 7) is 3.85. The number of ether oxygens (including phenoxy) is 2. The van der Waals surface area contributed by atoms with E-state index >= 15 is 0 Å². The summed E-state index contributed by atoms with van der Waals surface area (Å²) in [5.41, 5.74) is 5.36. The maximum atomic E-state index is 12.7. The van der Waals surface area contributed by atoms with Gasteiger partial charge >= 0.3 is 19.8 Å². The molecule has 10 nitrogen and oxygen atoms in total. The summed E-state index contributed by atoms with van der Waals surface area (Å²) in [5.74, 6) is -1.78. The van der Waals surface area contributed by atoms with Crippen molar-refractivity contribution in [3.8, 4) is 0 Å². The SMILES string of the molecule is CCCCCC/C=C\CCCCCCCCOCC(COP(=O)(O)OCC(N)C(=O)O)OC(=O)CCCCCCCCCCC/C=C\C/C=C\CCCCCCC. The minimum atomic E-state index is -4.62. The van der Waals surface area contributed by atoms with Gasteiger partial charge in [-0.15, -0.1) is 0 Å². The Hall–Kier alpha value is -1.81. The molecule has 0 saturated heterocycles. The summed E-state index contributed by atoms with van der Waals surface area (Å²) in [6.07, 6.45) is 47.6. The van der Waals surface area contributed by atoms with Crippen LogP contribution in [0.15, 0.2) is 36.5 Å². The Labute approximate surface area is 348 Å². The van der Waals surface area contributed by atoms with Crippen molar-refractivity contribution in [3.63, 3.8) is 0 Å². The van der Waals surface area contributed by atoms with Gasteiger partial charge in [0.1, 0.15) is 12.1 Å². The smallest absolute Gasteiger partial charge is 0.472 e. The van der Waals surface area contributed by atoms with Crippen molar-refractivity contribution in [3.05, 3.63) is 36.5 Å². The Morgan fingerprint density at radius 3 is 1.46 bits per heavy atom. The number of allylic oxidation sites excluding steroid dienone is 6. The van der Waals surface area contributed by atoms with Gasteiger partial charge in [0, 0.05) is 13.0 Å². The van der Waals surface area contributed by atoms with Crippen molar-refractivity contribution in [1.29, 1.82) is 0 Å². The Kier molecular flexibility index (Phi) is 41.0. The summed E-state index contributed by atoms with van der Waals surface area (Å²) < 4.78 is 33.4. The van der Waals surface area contributed by atoms with Crippen molar-refractivity contribution in [2.24, 2.45) is 5.73 Å². The molecule has 0 rings (SSSR count). The van der Waals surface area contributed by atoms with Crippen molar-refractivity contribution >= 4 is 19.8 Å². The maximum Gasteiger partial charge on any atom is 0.472 e. The Morgan fingerprint density at radius 1 is 0.561 bits per heavy atom. The number of carboxylic acid groups (broad SMARTS) is 1. The molecule has 0 bridgehead atoms. The van der Waals surface area contributed by atoms with Gasteiger partial charge in [-0.1, -0.05) is 166 Å². The summed E-state index contributed by atoms with van der Waals surface area (Å²) >= 11 is 0. The number of unbranched alkanes of at least 4 members (excludes halogenated alkanes) is 24. The van der Waals surface area contributed by atoms with Crippen LogP contribution < -0.4 is 5.73 Å². The van der Waals surface area contributed by atoms with E-state index in [9.17, 15) is 19.0 Å². The summed E-state index contributed by atoms with van der Waals surface area (Å²) in [6, 6.07) is -1.47. The topological polar surface area (TPSA) is 155 Å². The third kappa shape index (κ3) is 42.1. The molecule has 0 amide bonds. The van der Waals surface area contributed by atoms with E-state index in [1.807, 2.05) is 0 Å². The second-order valence-corrected chi connectivity index (χ2v) is 17.0. The molecule has 0 aromatic carbocycles. The van der Waals surface area contributed by atoms with E-state index in [0.29, 0.717) is 13.0 Å². The molecule has 3 atom stereocenters. The Balaban J connectivity index is 4.19. The van der Waals surface area contributed by atoms with Gasteiger partial charge in [0.15, 0.2) is 0 Å². The average Bonchev–Trinajstić information content (AvgIpc) is 3.19. The number of hydrogen-bond acceptors (Lipinski definition) is 8. The number of aliphatic carboxylic acids is 1. The zero-order valence-corrected chi connectivity index (χ0v) is 37.3. The van der Waals surface area contributed by atoms with Crippen LogP contribution in [0.4, 0.5) is 0 Å². The normalized spacial score (nSPS) is 14.2. The molecular formula is C46H86NO9P. The molecule has 0 aliphatic heterocycles. The summed E-state index contributed by atoms with van der Waals surface area (Å²) in [4.78, 5) is 33.6. The van der Waals surface area contributed by atoms with E-state index in [1.165, 1.54) is 122 Å². The fourth-order valence-corrected chi connectivity index (χ4v) is 7.05. The molecule has 3 unspecified atom stereocenters. The van der Waals surface area contributed by atoms with E-state index < -0.39 is 45.1 Å². The fraction of sp³-hybridized carbons (Fsp3) is 0.826. The first kappa shape index (κ1) is 55.2. The van der Waals surface area contributed by atoms with E-state index in [1.54, 1.807) is 0 Å². The minimum Gasteiger partial charge on any atom is -0.480 e. The van der Waals surface area contributed by atoms with Crippen LogP contribution in [0.3, 0.4) is 0 Å². The Bertz CT molecular complexity index is 1050. The summed E-state index contributed by atoms with van der Waals surface area (Å²) in [5, 5.41) is 8.90. The van der Waals surface area contributed by atoms with Gasteiger partial charge in [0.25, 0.3) is 0 Å². The molecule has 0 aromatic heterocycles. The first-order chi connectivity index (χ1) is 27.7. The molecule has 0 radical (unpaired) electrons. The van der Waals surface area contributed by atoms with Crippen LogP contribution in [0, 0.1) is 0 Å². The van der Waals surface area contributed by atoms with Crippen LogP contribution in [-0.4, -0.2) is 60.5 Å². The average molecular weight is 828 g/mol. The van der Waals surface area contributed by atoms with E-state index in [-0.39, 0.29) is 13.0 Å². The third-order valence-corrected chi connectivity index (χ3v) is 10.8. The standard InChI is InChI=1S/C46H86NO9P/c1-3-5-7-9-11-13-15-17-19-20-21-22-23-24-25-26-28-30-32-34-36-38-45(48)56-43(41-54-57(51,52)55-42-44(47)46(49)50)40-53-39-37-35-33-31-29-27-18-16-14-12-10-8-6-4-2/h14-17,20-21,43-44H,3-13,18-19,22-42,47H2,1-2H3,(H,49,50)(H,51,52)/b16-14-,17-15-,21-20-. The molecule has 57 heavy (non-hydrogen) atoms. The number of phosphoric ester groups is 1. The van der Waals surface area contributed by atoms with Gasteiger partial charge in [-0.2, -0.15) is 0 Å². The number of rotatable bonds is 44. The van der Waals surface area contributed by atoms with Crippen molar-refractivity contribution < 1.29 is 42.7 Å². The molecule has 0 aliphatic rings. The van der Waals surface area contributed by atoms with Crippen LogP contribution in [0.5, 0.6) is 0 Å². The van der Waals surface area contributed by atoms with Crippen LogP contribution in [0.2, 0.25) is 0 Å². The molecule has 4 N–H and O–H groups in total.